The number of hydrogen-bond acceptors (Lipinski definition) is 3. The quantitative estimate of drug-likeness (QED) is 0.673. The summed E-state index contributed by atoms with van der Waals surface area (Å²) in [5.41, 5.74) is 7.59. The van der Waals surface area contributed by atoms with Gasteiger partial charge >= 0.3 is 0 Å². The molecule has 1 aromatic carbocycles. The number of rotatable bonds is 8. The highest BCUT2D eigenvalue weighted by Gasteiger charge is 2.04. The van der Waals surface area contributed by atoms with Crippen molar-refractivity contribution < 1.29 is 9.90 Å². The zero-order valence-electron chi connectivity index (χ0n) is 11.6. The fraction of sp³-hybridized carbons (Fsp3) is 0.533. The molecular weight excluding hydrogens is 240 g/mol. The number of nitrogens with two attached hydrogens (primary N) is 1. The lowest BCUT2D eigenvalue weighted by Crippen LogP contribution is -2.16. The first kappa shape index (κ1) is 15.7. The van der Waals surface area contributed by atoms with Gasteiger partial charge < -0.3 is 16.2 Å². The second-order valence-electron chi connectivity index (χ2n) is 4.95. The van der Waals surface area contributed by atoms with E-state index in [-0.39, 0.29) is 18.6 Å². The average Bonchev–Trinajstić information content (AvgIpc) is 2.36. The van der Waals surface area contributed by atoms with Crippen molar-refractivity contribution >= 4 is 11.6 Å². The summed E-state index contributed by atoms with van der Waals surface area (Å²) >= 11 is 0. The van der Waals surface area contributed by atoms with Gasteiger partial charge in [0, 0.05) is 24.8 Å². The van der Waals surface area contributed by atoms with Gasteiger partial charge in [-0.15, -0.1) is 0 Å². The fourth-order valence-corrected chi connectivity index (χ4v) is 1.90. The lowest BCUT2D eigenvalue weighted by atomic mass is 10.1. The number of hydrogen-bond donors (Lipinski definition) is 3. The molecule has 0 aliphatic heterocycles. The molecule has 4 heteroatoms. The molecule has 0 saturated carbocycles. The van der Waals surface area contributed by atoms with E-state index >= 15 is 0 Å². The van der Waals surface area contributed by atoms with Crippen molar-refractivity contribution in [2.45, 2.75) is 45.1 Å². The minimum Gasteiger partial charge on any atom is -0.396 e. The Labute approximate surface area is 115 Å². The van der Waals surface area contributed by atoms with Gasteiger partial charge in [0.2, 0.25) is 5.91 Å². The number of benzene rings is 1. The number of carbonyl (C=O) groups excluding carboxylic acids is 1. The number of amides is 1. The van der Waals surface area contributed by atoms with Gasteiger partial charge in [-0.25, -0.2) is 0 Å². The van der Waals surface area contributed by atoms with Crippen molar-refractivity contribution in [2.24, 2.45) is 5.73 Å². The van der Waals surface area contributed by atoms with Crippen LogP contribution in [0.25, 0.3) is 0 Å². The fourth-order valence-electron chi connectivity index (χ4n) is 1.90. The molecule has 19 heavy (non-hydrogen) atoms. The molecule has 1 atom stereocenters. The van der Waals surface area contributed by atoms with Crippen LogP contribution in [-0.2, 0) is 11.2 Å². The number of aryl methyl sites for hydroxylation is 1. The molecule has 0 bridgehead atoms. The Morgan fingerprint density at radius 3 is 2.89 bits per heavy atom. The van der Waals surface area contributed by atoms with Crippen molar-refractivity contribution in [1.29, 1.82) is 0 Å². The second-order valence-corrected chi connectivity index (χ2v) is 4.95. The normalized spacial score (nSPS) is 12.2. The van der Waals surface area contributed by atoms with E-state index in [2.05, 4.69) is 5.32 Å². The van der Waals surface area contributed by atoms with E-state index in [4.69, 9.17) is 10.8 Å². The van der Waals surface area contributed by atoms with Crippen molar-refractivity contribution in [3.05, 3.63) is 29.8 Å². The minimum absolute atomic E-state index is 0.0277. The summed E-state index contributed by atoms with van der Waals surface area (Å²) in [6.45, 7) is 2.14. The first-order valence-corrected chi connectivity index (χ1v) is 6.87. The number of carbonyl (C=O) groups is 1. The van der Waals surface area contributed by atoms with Crippen LogP contribution in [0.15, 0.2) is 24.3 Å². The van der Waals surface area contributed by atoms with E-state index in [9.17, 15) is 4.79 Å². The molecule has 1 amide bonds. The van der Waals surface area contributed by atoms with Gasteiger partial charge in [-0.2, -0.15) is 0 Å². The monoisotopic (exact) mass is 264 g/mol. The molecule has 0 aliphatic carbocycles. The summed E-state index contributed by atoms with van der Waals surface area (Å²) < 4.78 is 0. The van der Waals surface area contributed by atoms with E-state index in [1.165, 1.54) is 0 Å². The van der Waals surface area contributed by atoms with E-state index in [0.29, 0.717) is 6.42 Å². The highest BCUT2D eigenvalue weighted by molar-refractivity contribution is 5.90. The van der Waals surface area contributed by atoms with Crippen LogP contribution < -0.4 is 11.1 Å². The van der Waals surface area contributed by atoms with E-state index in [1.807, 2.05) is 31.2 Å². The summed E-state index contributed by atoms with van der Waals surface area (Å²) in [5, 5.41) is 11.7. The van der Waals surface area contributed by atoms with Gasteiger partial charge in [0.25, 0.3) is 0 Å². The Morgan fingerprint density at radius 1 is 1.42 bits per heavy atom. The van der Waals surface area contributed by atoms with Gasteiger partial charge in [0.05, 0.1) is 0 Å². The third-order valence-corrected chi connectivity index (χ3v) is 2.90. The maximum absolute atomic E-state index is 11.7. The van der Waals surface area contributed by atoms with Crippen LogP contribution in [0.1, 0.15) is 38.2 Å². The molecule has 4 nitrogen and oxygen atoms in total. The summed E-state index contributed by atoms with van der Waals surface area (Å²) in [7, 11) is 0. The van der Waals surface area contributed by atoms with Crippen LogP contribution in [0.2, 0.25) is 0 Å². The zero-order chi connectivity index (χ0) is 14.1. The Morgan fingerprint density at radius 2 is 2.21 bits per heavy atom. The van der Waals surface area contributed by atoms with Crippen LogP contribution in [0, 0.1) is 0 Å². The van der Waals surface area contributed by atoms with E-state index < -0.39 is 0 Å². The third-order valence-electron chi connectivity index (χ3n) is 2.90. The molecule has 0 radical (unpaired) electrons. The molecule has 0 aliphatic rings. The highest BCUT2D eigenvalue weighted by atomic mass is 16.2. The summed E-state index contributed by atoms with van der Waals surface area (Å²) in [6, 6.07) is 7.91. The second kappa shape index (κ2) is 8.67. The molecule has 0 spiro atoms. The van der Waals surface area contributed by atoms with Crippen molar-refractivity contribution in [2.75, 3.05) is 11.9 Å². The van der Waals surface area contributed by atoms with E-state index in [1.54, 1.807) is 0 Å². The largest absolute Gasteiger partial charge is 0.396 e. The average molecular weight is 264 g/mol. The molecular formula is C15H24N2O2. The van der Waals surface area contributed by atoms with Crippen molar-refractivity contribution in [1.82, 2.24) is 0 Å². The SMILES string of the molecule is CC(N)CCCC(=O)Nc1cccc(CCCO)c1. The number of anilines is 1. The van der Waals surface area contributed by atoms with Crippen LogP contribution in [0.4, 0.5) is 5.69 Å². The smallest absolute Gasteiger partial charge is 0.224 e. The predicted octanol–water partition coefficient (Wildman–Crippen LogP) is 2.07. The van der Waals surface area contributed by atoms with Gasteiger partial charge in [-0.05, 0) is 50.3 Å². The van der Waals surface area contributed by atoms with Crippen LogP contribution in [0.5, 0.6) is 0 Å². The summed E-state index contributed by atoms with van der Waals surface area (Å²) in [6.07, 6.45) is 3.75. The number of aliphatic hydroxyl groups is 1. The lowest BCUT2D eigenvalue weighted by Gasteiger charge is -2.08. The molecule has 1 rings (SSSR count). The number of aliphatic hydroxyl groups excluding tert-OH is 1. The maximum atomic E-state index is 11.7. The number of nitrogens with one attached hydrogen (secondary N) is 1. The van der Waals surface area contributed by atoms with Crippen molar-refractivity contribution in [3.8, 4) is 0 Å². The first-order chi connectivity index (χ1) is 9.11. The van der Waals surface area contributed by atoms with Crippen LogP contribution in [-0.4, -0.2) is 23.7 Å². The van der Waals surface area contributed by atoms with Crippen LogP contribution in [0.3, 0.4) is 0 Å². The molecule has 1 unspecified atom stereocenters. The predicted molar refractivity (Wildman–Crippen MR) is 78.0 cm³/mol. The highest BCUT2D eigenvalue weighted by Crippen LogP contribution is 2.13. The third kappa shape index (κ3) is 6.94. The Bertz CT molecular complexity index is 391. The van der Waals surface area contributed by atoms with Gasteiger partial charge in [0.1, 0.15) is 0 Å². The van der Waals surface area contributed by atoms with Gasteiger partial charge in [-0.1, -0.05) is 12.1 Å². The molecule has 0 aromatic heterocycles. The Hall–Kier alpha value is -1.39. The van der Waals surface area contributed by atoms with E-state index in [0.717, 1.165) is 36.9 Å². The minimum atomic E-state index is 0.0277. The maximum Gasteiger partial charge on any atom is 0.224 e. The molecule has 106 valence electrons. The Kier molecular flexibility index (Phi) is 7.15. The zero-order valence-corrected chi connectivity index (χ0v) is 11.6. The molecule has 1 aromatic rings. The topological polar surface area (TPSA) is 75.4 Å². The summed E-state index contributed by atoms with van der Waals surface area (Å²) in [5.74, 6) is 0.0277. The van der Waals surface area contributed by atoms with Crippen molar-refractivity contribution in [3.63, 3.8) is 0 Å². The van der Waals surface area contributed by atoms with Gasteiger partial charge in [-0.3, -0.25) is 4.79 Å². The van der Waals surface area contributed by atoms with Crippen LogP contribution >= 0.6 is 0 Å². The first-order valence-electron chi connectivity index (χ1n) is 6.87. The Balaban J connectivity index is 2.40. The van der Waals surface area contributed by atoms with Gasteiger partial charge in [0.15, 0.2) is 0 Å². The molecule has 0 fully saturated rings. The standard InChI is InChI=1S/C15H24N2O2/c1-12(16)5-2-9-15(19)17-14-8-3-6-13(11-14)7-4-10-18/h3,6,8,11-12,18H,2,4-5,7,9-10,16H2,1H3,(H,17,19). The lowest BCUT2D eigenvalue weighted by molar-refractivity contribution is -0.116. The summed E-state index contributed by atoms with van der Waals surface area (Å²) in [4.78, 5) is 11.7. The molecule has 0 saturated heterocycles. The molecule has 4 N–H and O–H groups in total. The molecule has 0 heterocycles.